The van der Waals surface area contributed by atoms with Crippen LogP contribution >= 0.6 is 0 Å². The zero-order valence-electron chi connectivity index (χ0n) is 18.5. The Hall–Kier alpha value is -2.38. The summed E-state index contributed by atoms with van der Waals surface area (Å²) < 4.78 is 92.5. The van der Waals surface area contributed by atoms with Gasteiger partial charge >= 0.3 is 15.5 Å². The lowest BCUT2D eigenvalue weighted by Gasteiger charge is -2.34. The molecule has 13 heteroatoms. The molecule has 1 saturated carbocycles. The highest BCUT2D eigenvalue weighted by molar-refractivity contribution is 7.89. The maximum absolute atomic E-state index is 15.3. The van der Waals surface area contributed by atoms with Crippen molar-refractivity contribution in [1.29, 1.82) is 0 Å². The average molecular weight is 507 g/mol. The summed E-state index contributed by atoms with van der Waals surface area (Å²) in [5.74, 6) is -0.613. The molecule has 1 aromatic heterocycles. The van der Waals surface area contributed by atoms with E-state index in [1.165, 1.54) is 25.7 Å². The second-order valence-corrected chi connectivity index (χ2v) is 10.3. The molecule has 1 N–H and O–H groups in total. The van der Waals surface area contributed by atoms with Crippen molar-refractivity contribution in [2.45, 2.75) is 56.4 Å². The fraction of sp³-hybridized carbons (Fsp3) is 0.571. The van der Waals surface area contributed by atoms with Crippen molar-refractivity contribution in [3.05, 3.63) is 41.7 Å². The number of hydrogen-bond acceptors (Lipinski definition) is 6. The number of methoxy groups -OCH3 is 1. The number of H-pyrrole nitrogens is 1. The molecule has 0 spiro atoms. The molecule has 4 rings (SSSR count). The first-order valence-corrected chi connectivity index (χ1v) is 12.3. The topological polar surface area (TPSA) is 87.8 Å². The molecular weight excluding hydrogens is 480 g/mol. The summed E-state index contributed by atoms with van der Waals surface area (Å²) in [5.41, 5.74) is -4.94. The predicted octanol–water partition coefficient (Wildman–Crippen LogP) is 3.56. The first-order valence-electron chi connectivity index (χ1n) is 10.9. The molecule has 1 aromatic carbocycles. The third kappa shape index (κ3) is 4.86. The van der Waals surface area contributed by atoms with Crippen molar-refractivity contribution >= 4 is 15.7 Å². The van der Waals surface area contributed by atoms with Crippen LogP contribution in [0.4, 0.5) is 23.2 Å². The van der Waals surface area contributed by atoms with Gasteiger partial charge in [-0.2, -0.15) is 17.5 Å². The van der Waals surface area contributed by atoms with E-state index < -0.39 is 40.5 Å². The van der Waals surface area contributed by atoms with E-state index >= 15 is 4.39 Å². The number of aromatic amines is 1. The van der Waals surface area contributed by atoms with Gasteiger partial charge in [0.25, 0.3) is 0 Å². The summed E-state index contributed by atoms with van der Waals surface area (Å²) in [5, 5.41) is 0. The monoisotopic (exact) mass is 506 g/mol. The Kier molecular flexibility index (Phi) is 7.06. The molecule has 1 atom stereocenters. The molecular formula is C21H26F4N4O4S. The van der Waals surface area contributed by atoms with E-state index in [9.17, 15) is 21.6 Å². The standard InChI is InChI=1S/C21H26F4N4O4S/c1-32-19-7-6-18(22)20-17(19)11-28(34(30,31)21(23,24)25)10-15(12-33-16-4-2-3-5-16)29(20)9-14-8-26-13-27-14/h6-8,13,15-16H,2-5,9-12H2,1H3,(H,26,27)/t15-/m1/s1. The minimum absolute atomic E-state index is 0.0122. The van der Waals surface area contributed by atoms with E-state index in [0.717, 1.165) is 31.7 Å². The van der Waals surface area contributed by atoms with Crippen LogP contribution in [0.5, 0.6) is 5.75 Å². The number of fused-ring (bicyclic) bond motifs is 1. The normalized spacial score (nSPS) is 20.4. The van der Waals surface area contributed by atoms with E-state index in [4.69, 9.17) is 9.47 Å². The first kappa shape index (κ1) is 24.7. The highest BCUT2D eigenvalue weighted by Crippen LogP contribution is 2.40. The number of imidazole rings is 1. The Bertz CT molecular complexity index is 1090. The molecule has 0 amide bonds. The SMILES string of the molecule is COc1ccc(F)c2c1CN(S(=O)(=O)C(F)(F)F)C[C@H](COC1CCCC1)N2Cc1cnc[nH]1. The van der Waals surface area contributed by atoms with E-state index in [1.807, 2.05) is 0 Å². The van der Waals surface area contributed by atoms with Crippen molar-refractivity contribution in [1.82, 2.24) is 14.3 Å². The largest absolute Gasteiger partial charge is 0.511 e. The number of halogens is 4. The van der Waals surface area contributed by atoms with Gasteiger partial charge in [-0.05, 0) is 25.0 Å². The molecule has 1 aliphatic carbocycles. The molecule has 8 nitrogen and oxygen atoms in total. The summed E-state index contributed by atoms with van der Waals surface area (Å²) in [6.45, 7) is -1.26. The van der Waals surface area contributed by atoms with Gasteiger partial charge in [0.05, 0.1) is 50.1 Å². The Balaban J connectivity index is 1.81. The van der Waals surface area contributed by atoms with Crippen LogP contribution in [0.2, 0.25) is 0 Å². The quantitative estimate of drug-likeness (QED) is 0.578. The van der Waals surface area contributed by atoms with Crippen molar-refractivity contribution < 1.29 is 35.5 Å². The number of nitrogens with one attached hydrogen (secondary N) is 1. The number of anilines is 1. The van der Waals surface area contributed by atoms with Crippen LogP contribution in [0, 0.1) is 5.82 Å². The summed E-state index contributed by atoms with van der Waals surface area (Å²) >= 11 is 0. The molecule has 1 aliphatic heterocycles. The van der Waals surface area contributed by atoms with Gasteiger partial charge in [0.15, 0.2) is 0 Å². The van der Waals surface area contributed by atoms with Crippen molar-refractivity contribution in [2.24, 2.45) is 0 Å². The van der Waals surface area contributed by atoms with Crippen molar-refractivity contribution in [3.8, 4) is 5.75 Å². The fourth-order valence-corrected chi connectivity index (χ4v) is 5.50. The highest BCUT2D eigenvalue weighted by Gasteiger charge is 2.52. The number of rotatable bonds is 7. The maximum atomic E-state index is 15.3. The van der Waals surface area contributed by atoms with Gasteiger partial charge in [-0.3, -0.25) is 0 Å². The number of alkyl halides is 3. The molecule has 0 unspecified atom stereocenters. The first-order chi connectivity index (χ1) is 16.1. The van der Waals surface area contributed by atoms with Crippen LogP contribution in [0.25, 0.3) is 0 Å². The molecule has 2 aromatic rings. The third-order valence-corrected chi connectivity index (χ3v) is 7.78. The number of hydrogen-bond donors (Lipinski definition) is 1. The van der Waals surface area contributed by atoms with Crippen LogP contribution in [-0.2, 0) is 27.8 Å². The van der Waals surface area contributed by atoms with Gasteiger partial charge in [-0.25, -0.2) is 17.8 Å². The van der Waals surface area contributed by atoms with Crippen LogP contribution in [0.15, 0.2) is 24.7 Å². The minimum Gasteiger partial charge on any atom is -0.496 e. The lowest BCUT2D eigenvalue weighted by Crippen LogP contribution is -2.49. The van der Waals surface area contributed by atoms with Gasteiger partial charge in [0, 0.05) is 24.8 Å². The molecule has 0 saturated heterocycles. The van der Waals surface area contributed by atoms with Gasteiger partial charge in [0.1, 0.15) is 11.6 Å². The van der Waals surface area contributed by atoms with E-state index in [2.05, 4.69) is 9.97 Å². The second-order valence-electron chi connectivity index (χ2n) is 8.42. The highest BCUT2D eigenvalue weighted by atomic mass is 32.2. The molecule has 34 heavy (non-hydrogen) atoms. The summed E-state index contributed by atoms with van der Waals surface area (Å²) in [7, 11) is -4.41. The Morgan fingerprint density at radius 1 is 1.24 bits per heavy atom. The molecule has 2 heterocycles. The number of benzene rings is 1. The molecule has 2 aliphatic rings. The van der Waals surface area contributed by atoms with Crippen LogP contribution in [0.3, 0.4) is 0 Å². The van der Waals surface area contributed by atoms with Crippen LogP contribution < -0.4 is 9.64 Å². The third-order valence-electron chi connectivity index (χ3n) is 6.24. The zero-order valence-corrected chi connectivity index (χ0v) is 19.3. The van der Waals surface area contributed by atoms with E-state index in [-0.39, 0.29) is 36.3 Å². The van der Waals surface area contributed by atoms with Crippen LogP contribution in [0.1, 0.15) is 36.9 Å². The zero-order chi connectivity index (χ0) is 24.5. The summed E-state index contributed by atoms with van der Waals surface area (Å²) in [4.78, 5) is 8.41. The van der Waals surface area contributed by atoms with Crippen LogP contribution in [-0.4, -0.2) is 60.6 Å². The van der Waals surface area contributed by atoms with Crippen molar-refractivity contribution in [3.63, 3.8) is 0 Å². The minimum atomic E-state index is -5.71. The molecule has 0 bridgehead atoms. The number of aromatic nitrogens is 2. The van der Waals surface area contributed by atoms with Gasteiger partial charge < -0.3 is 19.4 Å². The van der Waals surface area contributed by atoms with Gasteiger partial charge in [0.2, 0.25) is 0 Å². The average Bonchev–Trinajstić information content (AvgIpc) is 3.45. The van der Waals surface area contributed by atoms with E-state index in [0.29, 0.717) is 10.00 Å². The number of ether oxygens (including phenoxy) is 2. The summed E-state index contributed by atoms with van der Waals surface area (Å²) in [6, 6.07) is 1.53. The smallest absolute Gasteiger partial charge is 0.496 e. The Morgan fingerprint density at radius 2 is 1.97 bits per heavy atom. The Labute approximate surface area is 194 Å². The second kappa shape index (κ2) is 9.70. The predicted molar refractivity (Wildman–Crippen MR) is 115 cm³/mol. The van der Waals surface area contributed by atoms with Gasteiger partial charge in [-0.15, -0.1) is 0 Å². The van der Waals surface area contributed by atoms with E-state index in [1.54, 1.807) is 4.90 Å². The molecule has 188 valence electrons. The summed E-state index contributed by atoms with van der Waals surface area (Å²) in [6.07, 6.45) is 6.47. The molecule has 0 radical (unpaired) electrons. The fourth-order valence-electron chi connectivity index (χ4n) is 4.54. The Morgan fingerprint density at radius 3 is 2.59 bits per heavy atom. The maximum Gasteiger partial charge on any atom is 0.511 e. The number of sulfonamides is 1. The lowest BCUT2D eigenvalue weighted by atomic mass is 10.1. The number of nitrogens with zero attached hydrogens (tertiary/aromatic N) is 3. The molecule has 1 fully saturated rings. The van der Waals surface area contributed by atoms with Gasteiger partial charge in [-0.1, -0.05) is 12.8 Å². The van der Waals surface area contributed by atoms with Crippen molar-refractivity contribution in [2.75, 3.05) is 25.2 Å². The lowest BCUT2D eigenvalue weighted by molar-refractivity contribution is -0.0495.